The van der Waals surface area contributed by atoms with Gasteiger partial charge in [0, 0.05) is 17.5 Å². The van der Waals surface area contributed by atoms with Gasteiger partial charge in [-0.3, -0.25) is 9.78 Å². The van der Waals surface area contributed by atoms with Crippen LogP contribution in [-0.4, -0.2) is 10.8 Å². The number of allylic oxidation sites excluding steroid dienone is 2. The zero-order valence-electron chi connectivity index (χ0n) is 6.99. The van der Waals surface area contributed by atoms with Gasteiger partial charge in [0.1, 0.15) is 0 Å². The summed E-state index contributed by atoms with van der Waals surface area (Å²) in [6.45, 7) is 2.01. The van der Waals surface area contributed by atoms with Crippen LogP contribution in [0.2, 0.25) is 0 Å². The number of ketones is 1. The number of rotatable bonds is 4. The van der Waals surface area contributed by atoms with E-state index in [9.17, 15) is 4.79 Å². The molecule has 1 rings (SSSR count). The largest absolute Gasteiger partial charge is 0.294 e. The fraction of sp³-hybridized carbons (Fsp3) is 0.333. The zero-order valence-corrected chi connectivity index (χ0v) is 7.80. The van der Waals surface area contributed by atoms with Gasteiger partial charge in [0.05, 0.1) is 5.51 Å². The summed E-state index contributed by atoms with van der Waals surface area (Å²) in [5, 5.41) is 0. The minimum atomic E-state index is 0.154. The van der Waals surface area contributed by atoms with Gasteiger partial charge in [-0.25, -0.2) is 0 Å². The molecule has 0 saturated carbocycles. The molecule has 2 nitrogen and oxygen atoms in total. The van der Waals surface area contributed by atoms with Crippen molar-refractivity contribution in [1.29, 1.82) is 0 Å². The summed E-state index contributed by atoms with van der Waals surface area (Å²) >= 11 is 1.52. The molecule has 0 amide bonds. The van der Waals surface area contributed by atoms with Gasteiger partial charge in [-0.1, -0.05) is 13.0 Å². The van der Waals surface area contributed by atoms with Crippen LogP contribution in [0.15, 0.2) is 23.9 Å². The normalized spacial score (nSPS) is 10.8. The molecule has 0 spiro atoms. The SMILES string of the molecule is CC/C=C/C(=O)Cc1cncs1. The van der Waals surface area contributed by atoms with Crippen molar-refractivity contribution in [3.8, 4) is 0 Å². The van der Waals surface area contributed by atoms with E-state index in [0.717, 1.165) is 11.3 Å². The standard InChI is InChI=1S/C9H11NOS/c1-2-3-4-8(11)5-9-6-10-7-12-9/h3-4,6-7H,2,5H2,1H3/b4-3+. The predicted octanol–water partition coefficient (Wildman–Crippen LogP) is 2.22. The van der Waals surface area contributed by atoms with Crippen LogP contribution in [0.5, 0.6) is 0 Å². The Bertz CT molecular complexity index is 264. The highest BCUT2D eigenvalue weighted by Gasteiger charge is 1.99. The Hall–Kier alpha value is -0.960. The van der Waals surface area contributed by atoms with Crippen molar-refractivity contribution >= 4 is 17.1 Å². The Kier molecular flexibility index (Phi) is 3.67. The summed E-state index contributed by atoms with van der Waals surface area (Å²) in [7, 11) is 0. The number of nitrogens with zero attached hydrogens (tertiary/aromatic N) is 1. The second-order valence-corrected chi connectivity index (χ2v) is 3.39. The summed E-state index contributed by atoms with van der Waals surface area (Å²) < 4.78 is 0. The third-order valence-electron chi connectivity index (χ3n) is 1.37. The molecule has 3 heteroatoms. The maximum Gasteiger partial charge on any atom is 0.160 e. The Morgan fingerprint density at radius 3 is 3.17 bits per heavy atom. The van der Waals surface area contributed by atoms with E-state index >= 15 is 0 Å². The molecule has 0 bridgehead atoms. The van der Waals surface area contributed by atoms with Crippen molar-refractivity contribution in [3.05, 3.63) is 28.7 Å². The van der Waals surface area contributed by atoms with E-state index in [4.69, 9.17) is 0 Å². The Labute approximate surface area is 76.0 Å². The van der Waals surface area contributed by atoms with E-state index in [0.29, 0.717) is 6.42 Å². The third kappa shape index (κ3) is 2.96. The zero-order chi connectivity index (χ0) is 8.81. The molecule has 0 aliphatic carbocycles. The first-order chi connectivity index (χ1) is 5.83. The summed E-state index contributed by atoms with van der Waals surface area (Å²) in [5.74, 6) is 0.154. The second kappa shape index (κ2) is 4.83. The summed E-state index contributed by atoms with van der Waals surface area (Å²) in [5.41, 5.74) is 1.74. The minimum Gasteiger partial charge on any atom is -0.294 e. The average Bonchev–Trinajstić information content (AvgIpc) is 2.53. The molecule has 0 aromatic carbocycles. The molecule has 64 valence electrons. The number of hydrogen-bond acceptors (Lipinski definition) is 3. The van der Waals surface area contributed by atoms with Crippen molar-refractivity contribution in [2.75, 3.05) is 0 Å². The number of hydrogen-bond donors (Lipinski definition) is 0. The van der Waals surface area contributed by atoms with Crippen LogP contribution >= 0.6 is 11.3 Å². The summed E-state index contributed by atoms with van der Waals surface area (Å²) in [6, 6.07) is 0. The Morgan fingerprint density at radius 1 is 1.75 bits per heavy atom. The lowest BCUT2D eigenvalue weighted by molar-refractivity contribution is -0.114. The average molecular weight is 181 g/mol. The lowest BCUT2D eigenvalue weighted by Gasteiger charge is -1.88. The van der Waals surface area contributed by atoms with E-state index in [1.165, 1.54) is 11.3 Å². The van der Waals surface area contributed by atoms with Crippen LogP contribution in [-0.2, 0) is 11.2 Å². The molecule has 0 saturated heterocycles. The quantitative estimate of drug-likeness (QED) is 0.667. The molecular formula is C9H11NOS. The number of carbonyl (C=O) groups is 1. The van der Waals surface area contributed by atoms with E-state index in [1.807, 2.05) is 13.0 Å². The first-order valence-electron chi connectivity index (χ1n) is 3.89. The van der Waals surface area contributed by atoms with Gasteiger partial charge in [-0.15, -0.1) is 11.3 Å². The van der Waals surface area contributed by atoms with Gasteiger partial charge in [0.15, 0.2) is 5.78 Å². The molecule has 1 heterocycles. The van der Waals surface area contributed by atoms with Gasteiger partial charge in [0.25, 0.3) is 0 Å². The highest BCUT2D eigenvalue weighted by molar-refractivity contribution is 7.09. The minimum absolute atomic E-state index is 0.154. The molecular weight excluding hydrogens is 170 g/mol. The molecule has 0 unspecified atom stereocenters. The van der Waals surface area contributed by atoms with Crippen molar-refractivity contribution in [2.24, 2.45) is 0 Å². The van der Waals surface area contributed by atoms with Gasteiger partial charge >= 0.3 is 0 Å². The topological polar surface area (TPSA) is 30.0 Å². The molecule has 12 heavy (non-hydrogen) atoms. The number of carbonyl (C=O) groups excluding carboxylic acids is 1. The molecule has 0 aliphatic heterocycles. The van der Waals surface area contributed by atoms with Gasteiger partial charge < -0.3 is 0 Å². The van der Waals surface area contributed by atoms with Crippen LogP contribution in [0.1, 0.15) is 18.2 Å². The molecule has 1 aromatic rings. The fourth-order valence-electron chi connectivity index (χ4n) is 0.809. The molecule has 0 atom stereocenters. The van der Waals surface area contributed by atoms with E-state index in [2.05, 4.69) is 4.98 Å². The van der Waals surface area contributed by atoms with Crippen LogP contribution in [0.3, 0.4) is 0 Å². The summed E-state index contributed by atoms with van der Waals surface area (Å²) in [6.07, 6.45) is 6.65. The first kappa shape index (κ1) is 9.13. The summed E-state index contributed by atoms with van der Waals surface area (Å²) in [4.78, 5) is 16.1. The molecule has 0 fully saturated rings. The molecule has 0 aliphatic rings. The second-order valence-electron chi connectivity index (χ2n) is 2.42. The number of thiazole rings is 1. The first-order valence-corrected chi connectivity index (χ1v) is 4.77. The van der Waals surface area contributed by atoms with Crippen molar-refractivity contribution in [1.82, 2.24) is 4.98 Å². The van der Waals surface area contributed by atoms with Crippen LogP contribution < -0.4 is 0 Å². The van der Waals surface area contributed by atoms with E-state index < -0.39 is 0 Å². The van der Waals surface area contributed by atoms with Gasteiger partial charge in [-0.05, 0) is 12.5 Å². The van der Waals surface area contributed by atoms with Crippen molar-refractivity contribution in [3.63, 3.8) is 0 Å². The van der Waals surface area contributed by atoms with Crippen molar-refractivity contribution in [2.45, 2.75) is 19.8 Å². The van der Waals surface area contributed by atoms with Gasteiger partial charge in [0.2, 0.25) is 0 Å². The lowest BCUT2D eigenvalue weighted by atomic mass is 10.2. The Morgan fingerprint density at radius 2 is 2.58 bits per heavy atom. The molecule has 0 N–H and O–H groups in total. The maximum atomic E-state index is 11.2. The highest BCUT2D eigenvalue weighted by Crippen LogP contribution is 2.06. The fourth-order valence-corrected chi connectivity index (χ4v) is 1.41. The van der Waals surface area contributed by atoms with Gasteiger partial charge in [-0.2, -0.15) is 0 Å². The maximum absolute atomic E-state index is 11.2. The van der Waals surface area contributed by atoms with E-state index in [1.54, 1.807) is 17.8 Å². The Balaban J connectivity index is 2.42. The van der Waals surface area contributed by atoms with E-state index in [-0.39, 0.29) is 5.78 Å². The number of aromatic nitrogens is 1. The molecule has 0 radical (unpaired) electrons. The predicted molar refractivity (Wildman–Crippen MR) is 50.3 cm³/mol. The smallest absolute Gasteiger partial charge is 0.160 e. The third-order valence-corrected chi connectivity index (χ3v) is 2.15. The molecule has 1 aromatic heterocycles. The highest BCUT2D eigenvalue weighted by atomic mass is 32.1. The van der Waals surface area contributed by atoms with Crippen molar-refractivity contribution < 1.29 is 4.79 Å². The van der Waals surface area contributed by atoms with Crippen LogP contribution in [0.4, 0.5) is 0 Å². The monoisotopic (exact) mass is 181 g/mol. The van der Waals surface area contributed by atoms with Crippen LogP contribution in [0.25, 0.3) is 0 Å². The van der Waals surface area contributed by atoms with Crippen LogP contribution in [0, 0.1) is 0 Å². The lowest BCUT2D eigenvalue weighted by Crippen LogP contribution is -1.95.